The molecule has 0 amide bonds. The van der Waals surface area contributed by atoms with Gasteiger partial charge in [-0.25, -0.2) is 4.98 Å². The Labute approximate surface area is 123 Å². The molecule has 1 aromatic heterocycles. The standard InChI is InChI=1S/C15H20N2S2/c1-3-7-13-14(10-12-8-5-4-6-9-12)17-15(16-13)19-11-18-2/h4-6,8-9H,3,7,10-11H2,1-2H3,(H,16,17). The molecular formula is C15H20N2S2. The highest BCUT2D eigenvalue weighted by molar-refractivity contribution is 8.15. The Morgan fingerprint density at radius 1 is 1.21 bits per heavy atom. The Balaban J connectivity index is 2.15. The summed E-state index contributed by atoms with van der Waals surface area (Å²) in [6, 6.07) is 10.6. The van der Waals surface area contributed by atoms with Crippen molar-refractivity contribution in [2.75, 3.05) is 11.3 Å². The summed E-state index contributed by atoms with van der Waals surface area (Å²) >= 11 is 3.62. The molecule has 2 nitrogen and oxygen atoms in total. The van der Waals surface area contributed by atoms with Crippen LogP contribution < -0.4 is 0 Å². The van der Waals surface area contributed by atoms with E-state index >= 15 is 0 Å². The van der Waals surface area contributed by atoms with Gasteiger partial charge in [0.25, 0.3) is 0 Å². The van der Waals surface area contributed by atoms with Crippen molar-refractivity contribution in [3.8, 4) is 0 Å². The number of rotatable bonds is 7. The molecule has 0 atom stereocenters. The zero-order chi connectivity index (χ0) is 13.5. The largest absolute Gasteiger partial charge is 0.336 e. The number of benzene rings is 1. The average molecular weight is 292 g/mol. The van der Waals surface area contributed by atoms with Gasteiger partial charge in [0.05, 0.1) is 5.69 Å². The first-order valence-electron chi connectivity index (χ1n) is 6.57. The SMILES string of the molecule is CCCc1nc(SCSC)[nH]c1Cc1ccccc1. The summed E-state index contributed by atoms with van der Waals surface area (Å²) in [6.07, 6.45) is 5.26. The number of nitrogens with zero attached hydrogens (tertiary/aromatic N) is 1. The fourth-order valence-corrected chi connectivity index (χ4v) is 3.28. The number of imidazole rings is 1. The van der Waals surface area contributed by atoms with E-state index < -0.39 is 0 Å². The summed E-state index contributed by atoms with van der Waals surface area (Å²) in [5.41, 5.74) is 3.84. The van der Waals surface area contributed by atoms with Gasteiger partial charge in [-0.2, -0.15) is 11.8 Å². The van der Waals surface area contributed by atoms with Crippen LogP contribution in [0.3, 0.4) is 0 Å². The maximum atomic E-state index is 4.73. The van der Waals surface area contributed by atoms with Crippen molar-refractivity contribution in [1.82, 2.24) is 9.97 Å². The number of thioether (sulfide) groups is 2. The van der Waals surface area contributed by atoms with Crippen LogP contribution in [0.4, 0.5) is 0 Å². The number of nitrogens with one attached hydrogen (secondary N) is 1. The molecule has 1 N–H and O–H groups in total. The van der Waals surface area contributed by atoms with Crippen LogP contribution in [0.1, 0.15) is 30.3 Å². The van der Waals surface area contributed by atoms with Gasteiger partial charge in [0.1, 0.15) is 0 Å². The van der Waals surface area contributed by atoms with Crippen LogP contribution in [0.15, 0.2) is 35.5 Å². The van der Waals surface area contributed by atoms with Gasteiger partial charge in [-0.1, -0.05) is 55.4 Å². The number of hydrogen-bond acceptors (Lipinski definition) is 3. The predicted octanol–water partition coefficient (Wildman–Crippen LogP) is 4.37. The van der Waals surface area contributed by atoms with Gasteiger partial charge in [-0.15, -0.1) is 0 Å². The summed E-state index contributed by atoms with van der Waals surface area (Å²) in [5, 5.41) is 2.10. The molecule has 4 heteroatoms. The number of hydrogen-bond donors (Lipinski definition) is 1. The highest BCUT2D eigenvalue weighted by atomic mass is 32.2. The van der Waals surface area contributed by atoms with E-state index in [0.717, 1.165) is 29.5 Å². The molecule has 0 aliphatic rings. The zero-order valence-corrected chi connectivity index (χ0v) is 13.1. The van der Waals surface area contributed by atoms with E-state index in [0.29, 0.717) is 0 Å². The van der Waals surface area contributed by atoms with Crippen LogP contribution in [-0.4, -0.2) is 21.3 Å². The van der Waals surface area contributed by atoms with E-state index in [1.54, 1.807) is 11.8 Å². The molecule has 2 aromatic rings. The van der Waals surface area contributed by atoms with Crippen LogP contribution in [0.5, 0.6) is 0 Å². The summed E-state index contributed by atoms with van der Waals surface area (Å²) in [6.45, 7) is 2.20. The Morgan fingerprint density at radius 2 is 2.00 bits per heavy atom. The highest BCUT2D eigenvalue weighted by Gasteiger charge is 2.10. The normalized spacial score (nSPS) is 10.8. The van der Waals surface area contributed by atoms with E-state index in [4.69, 9.17) is 4.98 Å². The van der Waals surface area contributed by atoms with Gasteiger partial charge in [0.15, 0.2) is 5.16 Å². The van der Waals surface area contributed by atoms with Crippen molar-refractivity contribution < 1.29 is 0 Å². The third-order valence-electron chi connectivity index (χ3n) is 2.87. The van der Waals surface area contributed by atoms with Gasteiger partial charge in [0.2, 0.25) is 0 Å². The Morgan fingerprint density at radius 3 is 2.68 bits per heavy atom. The molecule has 19 heavy (non-hydrogen) atoms. The minimum absolute atomic E-state index is 0.947. The van der Waals surface area contributed by atoms with Crippen molar-refractivity contribution in [1.29, 1.82) is 0 Å². The third-order valence-corrected chi connectivity index (χ3v) is 4.75. The fraction of sp³-hybridized carbons (Fsp3) is 0.400. The number of aromatic amines is 1. The van der Waals surface area contributed by atoms with Crippen molar-refractivity contribution >= 4 is 23.5 Å². The summed E-state index contributed by atoms with van der Waals surface area (Å²) in [5.74, 6) is 0. The second-order valence-electron chi connectivity index (χ2n) is 4.43. The smallest absolute Gasteiger partial charge is 0.166 e. The molecule has 0 aliphatic carbocycles. The molecule has 0 saturated carbocycles. The lowest BCUT2D eigenvalue weighted by Crippen LogP contribution is -1.94. The van der Waals surface area contributed by atoms with Crippen LogP contribution >= 0.6 is 23.5 Å². The van der Waals surface area contributed by atoms with Crippen molar-refractivity contribution in [2.45, 2.75) is 31.3 Å². The summed E-state index contributed by atoms with van der Waals surface area (Å²) in [7, 11) is 0. The van der Waals surface area contributed by atoms with Gasteiger partial charge >= 0.3 is 0 Å². The van der Waals surface area contributed by atoms with Gasteiger partial charge in [-0.05, 0) is 18.2 Å². The van der Waals surface area contributed by atoms with Gasteiger partial charge < -0.3 is 4.98 Å². The molecule has 0 fully saturated rings. The second kappa shape index (κ2) is 7.65. The molecule has 0 aliphatic heterocycles. The molecule has 0 spiro atoms. The predicted molar refractivity (Wildman–Crippen MR) is 86.1 cm³/mol. The van der Waals surface area contributed by atoms with Crippen LogP contribution in [0, 0.1) is 0 Å². The number of aromatic nitrogens is 2. The van der Waals surface area contributed by atoms with E-state index in [1.165, 1.54) is 17.0 Å². The molecule has 0 unspecified atom stereocenters. The first kappa shape index (κ1) is 14.5. The Hall–Kier alpha value is -0.870. The lowest BCUT2D eigenvalue weighted by atomic mass is 10.1. The van der Waals surface area contributed by atoms with Crippen molar-refractivity contribution in [3.05, 3.63) is 47.3 Å². The van der Waals surface area contributed by atoms with Gasteiger partial charge in [-0.3, -0.25) is 0 Å². The molecule has 0 radical (unpaired) electrons. The first-order chi connectivity index (χ1) is 9.33. The quantitative estimate of drug-likeness (QED) is 0.607. The molecule has 1 aromatic carbocycles. The second-order valence-corrected chi connectivity index (χ2v) is 6.63. The number of H-pyrrole nitrogens is 1. The topological polar surface area (TPSA) is 28.7 Å². The van der Waals surface area contributed by atoms with E-state index in [-0.39, 0.29) is 0 Å². The molecule has 2 rings (SSSR count). The van der Waals surface area contributed by atoms with Crippen molar-refractivity contribution in [2.24, 2.45) is 0 Å². The molecule has 102 valence electrons. The maximum Gasteiger partial charge on any atom is 0.166 e. The zero-order valence-electron chi connectivity index (χ0n) is 11.5. The summed E-state index contributed by atoms with van der Waals surface area (Å²) in [4.78, 5) is 8.22. The van der Waals surface area contributed by atoms with Gasteiger partial charge in [0, 0.05) is 17.2 Å². The monoisotopic (exact) mass is 292 g/mol. The van der Waals surface area contributed by atoms with Crippen LogP contribution in [0.2, 0.25) is 0 Å². The lowest BCUT2D eigenvalue weighted by molar-refractivity contribution is 0.867. The average Bonchev–Trinajstić information content (AvgIpc) is 2.80. The van der Waals surface area contributed by atoms with Crippen LogP contribution in [-0.2, 0) is 12.8 Å². The fourth-order valence-electron chi connectivity index (χ4n) is 1.99. The lowest BCUT2D eigenvalue weighted by Gasteiger charge is -2.01. The Kier molecular flexibility index (Phi) is 5.86. The Bertz CT molecular complexity index is 494. The van der Waals surface area contributed by atoms with E-state index in [1.807, 2.05) is 11.8 Å². The van der Waals surface area contributed by atoms with E-state index in [2.05, 4.69) is 48.5 Å². The first-order valence-corrected chi connectivity index (χ1v) is 8.94. The molecule has 0 bridgehead atoms. The third kappa shape index (κ3) is 4.32. The van der Waals surface area contributed by atoms with Crippen LogP contribution in [0.25, 0.3) is 0 Å². The molecular weight excluding hydrogens is 272 g/mol. The molecule has 0 saturated heterocycles. The maximum absolute atomic E-state index is 4.73. The number of aryl methyl sites for hydroxylation is 1. The minimum atomic E-state index is 0.947. The molecule has 1 heterocycles. The van der Waals surface area contributed by atoms with Crippen molar-refractivity contribution in [3.63, 3.8) is 0 Å². The van der Waals surface area contributed by atoms with E-state index in [9.17, 15) is 0 Å². The minimum Gasteiger partial charge on any atom is -0.336 e. The highest BCUT2D eigenvalue weighted by Crippen LogP contribution is 2.22. The summed E-state index contributed by atoms with van der Waals surface area (Å²) < 4.78 is 0.